The Balaban J connectivity index is 2.13. The van der Waals surface area contributed by atoms with Crippen molar-refractivity contribution in [3.63, 3.8) is 0 Å². The number of hydrogen-bond donors (Lipinski definition) is 1. The fourth-order valence-corrected chi connectivity index (χ4v) is 1.44. The lowest BCUT2D eigenvalue weighted by atomic mass is 10.2. The lowest BCUT2D eigenvalue weighted by Crippen LogP contribution is -2.06. The van der Waals surface area contributed by atoms with Crippen LogP contribution in [0.25, 0.3) is 0 Å². The first kappa shape index (κ1) is 13.7. The van der Waals surface area contributed by atoms with E-state index < -0.39 is 11.0 Å². The summed E-state index contributed by atoms with van der Waals surface area (Å²) in [6, 6.07) is 9.33. The number of carbonyl (C=O) groups is 1. The quantitative estimate of drug-likeness (QED) is 0.450. The number of ether oxygens (including phenoxy) is 1. The summed E-state index contributed by atoms with van der Waals surface area (Å²) in [6.07, 6.45) is 0.479. The molecule has 0 spiro atoms. The maximum atomic E-state index is 11.2. The van der Waals surface area contributed by atoms with Crippen LogP contribution in [0.3, 0.4) is 0 Å². The Morgan fingerprint density at radius 2 is 1.88 bits per heavy atom. The molecule has 94 valence electrons. The SMILES string of the molecule is O=C(CCCO[SH](=O)=O)OCc1ccccc1. The van der Waals surface area contributed by atoms with Crippen molar-refractivity contribution in [3.05, 3.63) is 35.9 Å². The normalized spacial score (nSPS) is 10.4. The zero-order valence-electron chi connectivity index (χ0n) is 9.20. The summed E-state index contributed by atoms with van der Waals surface area (Å²) in [5, 5.41) is 0. The van der Waals surface area contributed by atoms with E-state index in [1.807, 2.05) is 30.3 Å². The van der Waals surface area contributed by atoms with Crippen LogP contribution in [0.2, 0.25) is 0 Å². The highest BCUT2D eigenvalue weighted by Gasteiger charge is 2.03. The lowest BCUT2D eigenvalue weighted by Gasteiger charge is -2.04. The van der Waals surface area contributed by atoms with Crippen molar-refractivity contribution in [2.45, 2.75) is 19.4 Å². The van der Waals surface area contributed by atoms with Gasteiger partial charge in [-0.25, -0.2) is 8.42 Å². The third kappa shape index (κ3) is 6.70. The molecular formula is C11H14O5S. The van der Waals surface area contributed by atoms with E-state index in [9.17, 15) is 13.2 Å². The summed E-state index contributed by atoms with van der Waals surface area (Å²) in [5.41, 5.74) is 0.916. The fourth-order valence-electron chi connectivity index (χ4n) is 1.17. The Morgan fingerprint density at radius 3 is 2.53 bits per heavy atom. The molecule has 0 aromatic heterocycles. The molecule has 0 aliphatic rings. The van der Waals surface area contributed by atoms with E-state index in [0.717, 1.165) is 5.56 Å². The molecule has 0 aliphatic carbocycles. The molecule has 17 heavy (non-hydrogen) atoms. The fraction of sp³-hybridized carbons (Fsp3) is 0.364. The molecule has 1 rings (SSSR count). The summed E-state index contributed by atoms with van der Waals surface area (Å²) in [4.78, 5) is 11.2. The first-order chi connectivity index (χ1) is 8.18. The Bertz CT molecular complexity index is 405. The highest BCUT2D eigenvalue weighted by atomic mass is 32.2. The van der Waals surface area contributed by atoms with Crippen LogP contribution < -0.4 is 0 Å². The van der Waals surface area contributed by atoms with Crippen molar-refractivity contribution in [2.24, 2.45) is 0 Å². The minimum absolute atomic E-state index is 0.0130. The molecule has 1 aromatic rings. The van der Waals surface area contributed by atoms with Crippen LogP contribution >= 0.6 is 0 Å². The highest BCUT2D eigenvalue weighted by Crippen LogP contribution is 2.02. The number of thiol groups is 1. The van der Waals surface area contributed by atoms with E-state index in [4.69, 9.17) is 4.74 Å². The van der Waals surface area contributed by atoms with Crippen LogP contribution in [0.5, 0.6) is 0 Å². The number of carbonyl (C=O) groups excluding carboxylic acids is 1. The predicted molar refractivity (Wildman–Crippen MR) is 61.7 cm³/mol. The Kier molecular flexibility index (Phi) is 6.27. The molecule has 0 unspecified atom stereocenters. The summed E-state index contributed by atoms with van der Waals surface area (Å²) in [6.45, 7) is 0.246. The average Bonchev–Trinajstić information content (AvgIpc) is 2.33. The van der Waals surface area contributed by atoms with Crippen LogP contribution in [0.1, 0.15) is 18.4 Å². The zero-order valence-corrected chi connectivity index (χ0v) is 10.1. The van der Waals surface area contributed by atoms with Gasteiger partial charge in [-0.15, -0.1) is 0 Å². The molecule has 1 aromatic carbocycles. The number of benzene rings is 1. The van der Waals surface area contributed by atoms with Gasteiger partial charge < -0.3 is 4.74 Å². The van der Waals surface area contributed by atoms with Gasteiger partial charge in [-0.1, -0.05) is 30.3 Å². The van der Waals surface area contributed by atoms with E-state index in [-0.39, 0.29) is 25.6 Å². The van der Waals surface area contributed by atoms with Gasteiger partial charge in [0.1, 0.15) is 6.61 Å². The van der Waals surface area contributed by atoms with E-state index >= 15 is 0 Å². The molecule has 0 heterocycles. The second-order valence-electron chi connectivity index (χ2n) is 3.31. The highest BCUT2D eigenvalue weighted by molar-refractivity contribution is 7.67. The standard InChI is InChI=1S/C11H14O5S/c12-11(7-4-8-16-17(13)14)15-9-10-5-2-1-3-6-10/h1-3,5-6,17H,4,7-9H2. The van der Waals surface area contributed by atoms with Gasteiger partial charge in [0.2, 0.25) is 0 Å². The van der Waals surface area contributed by atoms with Gasteiger partial charge in [0.05, 0.1) is 6.61 Å². The maximum absolute atomic E-state index is 11.2. The Labute approximate surface area is 102 Å². The molecule has 0 saturated heterocycles. The van der Waals surface area contributed by atoms with Crippen LogP contribution in [0, 0.1) is 0 Å². The van der Waals surface area contributed by atoms with E-state index in [1.54, 1.807) is 0 Å². The second kappa shape index (κ2) is 7.81. The predicted octanol–water partition coefficient (Wildman–Crippen LogP) is 1.05. The first-order valence-electron chi connectivity index (χ1n) is 5.15. The monoisotopic (exact) mass is 258 g/mol. The van der Waals surface area contributed by atoms with Gasteiger partial charge in [0, 0.05) is 6.42 Å². The molecule has 6 heteroatoms. The molecule has 0 radical (unpaired) electrons. The van der Waals surface area contributed by atoms with Crippen LogP contribution in [-0.2, 0) is 31.3 Å². The van der Waals surface area contributed by atoms with Crippen LogP contribution in [-0.4, -0.2) is 21.0 Å². The molecular weight excluding hydrogens is 244 g/mol. The molecule has 0 aliphatic heterocycles. The number of esters is 1. The molecule has 0 N–H and O–H groups in total. The van der Waals surface area contributed by atoms with Crippen molar-refractivity contribution >= 4 is 17.0 Å². The summed E-state index contributed by atoms with van der Waals surface area (Å²) in [7, 11) is -2.83. The number of hydrogen-bond acceptors (Lipinski definition) is 5. The van der Waals surface area contributed by atoms with Crippen molar-refractivity contribution < 1.29 is 22.1 Å². The van der Waals surface area contributed by atoms with Crippen molar-refractivity contribution in [1.82, 2.24) is 0 Å². The molecule has 0 fully saturated rings. The smallest absolute Gasteiger partial charge is 0.306 e. The molecule has 0 saturated carbocycles. The van der Waals surface area contributed by atoms with Gasteiger partial charge in [0.15, 0.2) is 0 Å². The molecule has 0 amide bonds. The average molecular weight is 258 g/mol. The first-order valence-corrected chi connectivity index (χ1v) is 6.25. The van der Waals surface area contributed by atoms with Gasteiger partial charge in [-0.05, 0) is 12.0 Å². The largest absolute Gasteiger partial charge is 0.461 e. The maximum Gasteiger partial charge on any atom is 0.306 e. The summed E-state index contributed by atoms with van der Waals surface area (Å²) >= 11 is 0. The van der Waals surface area contributed by atoms with Crippen LogP contribution in [0.15, 0.2) is 30.3 Å². The summed E-state index contributed by atoms with van der Waals surface area (Å²) < 4.78 is 29.4. The van der Waals surface area contributed by atoms with E-state index in [1.165, 1.54) is 0 Å². The van der Waals surface area contributed by atoms with Gasteiger partial charge >= 0.3 is 5.97 Å². The third-order valence-electron chi connectivity index (χ3n) is 1.96. The minimum Gasteiger partial charge on any atom is -0.461 e. The molecule has 5 nitrogen and oxygen atoms in total. The van der Waals surface area contributed by atoms with Crippen molar-refractivity contribution in [2.75, 3.05) is 6.61 Å². The van der Waals surface area contributed by atoms with Gasteiger partial charge in [-0.2, -0.15) is 0 Å². The Hall–Kier alpha value is -1.40. The van der Waals surface area contributed by atoms with Crippen LogP contribution in [0.4, 0.5) is 0 Å². The molecule has 0 atom stereocenters. The zero-order chi connectivity index (χ0) is 12.5. The lowest BCUT2D eigenvalue weighted by molar-refractivity contribution is -0.145. The van der Waals surface area contributed by atoms with Crippen molar-refractivity contribution in [1.29, 1.82) is 0 Å². The van der Waals surface area contributed by atoms with Crippen molar-refractivity contribution in [3.8, 4) is 0 Å². The summed E-state index contributed by atoms with van der Waals surface area (Å²) in [5.74, 6) is -0.362. The minimum atomic E-state index is -2.83. The van der Waals surface area contributed by atoms with Gasteiger partial charge in [0.25, 0.3) is 11.0 Å². The molecule has 0 bridgehead atoms. The third-order valence-corrected chi connectivity index (χ3v) is 2.36. The van der Waals surface area contributed by atoms with Gasteiger partial charge in [-0.3, -0.25) is 8.98 Å². The Morgan fingerprint density at radius 1 is 1.18 bits per heavy atom. The topological polar surface area (TPSA) is 69.7 Å². The van der Waals surface area contributed by atoms with E-state index in [2.05, 4.69) is 4.18 Å². The number of rotatable bonds is 7. The second-order valence-corrected chi connectivity index (χ2v) is 4.01. The van der Waals surface area contributed by atoms with E-state index in [0.29, 0.717) is 6.42 Å².